The number of aliphatic carboxylic acids is 1. The quantitative estimate of drug-likeness (QED) is 0.857. The molecule has 0 radical (unpaired) electrons. The van der Waals surface area contributed by atoms with Gasteiger partial charge in [0.05, 0.1) is 0 Å². The smallest absolute Gasteiger partial charge is 0.341 e. The number of amides is 1. The van der Waals surface area contributed by atoms with Gasteiger partial charge in [0.2, 0.25) is 5.91 Å². The van der Waals surface area contributed by atoms with Crippen LogP contribution in [0.4, 0.5) is 0 Å². The lowest BCUT2D eigenvalue weighted by molar-refractivity contribution is -0.139. The van der Waals surface area contributed by atoms with Gasteiger partial charge in [-0.3, -0.25) is 4.79 Å². The number of piperidine rings is 1. The van der Waals surface area contributed by atoms with Crippen molar-refractivity contribution in [3.63, 3.8) is 0 Å². The van der Waals surface area contributed by atoms with Crippen LogP contribution in [0.1, 0.15) is 54.9 Å². The summed E-state index contributed by atoms with van der Waals surface area (Å²) in [6, 6.07) is 1.96. The second-order valence-electron chi connectivity index (χ2n) is 8.13. The number of carboxylic acid groups (broad SMARTS) is 1. The maximum atomic E-state index is 12.9. The van der Waals surface area contributed by atoms with Crippen LogP contribution < -0.4 is 4.74 Å². The second-order valence-corrected chi connectivity index (χ2v) is 8.13. The van der Waals surface area contributed by atoms with E-state index in [1.54, 1.807) is 0 Å². The largest absolute Gasteiger partial charge is 0.482 e. The van der Waals surface area contributed by atoms with Crippen molar-refractivity contribution in [3.05, 3.63) is 28.3 Å². The average molecular weight is 373 g/mol. The fourth-order valence-corrected chi connectivity index (χ4v) is 4.64. The van der Waals surface area contributed by atoms with Gasteiger partial charge < -0.3 is 14.7 Å². The number of hydrogen-bond acceptors (Lipinski definition) is 3. The van der Waals surface area contributed by atoms with E-state index in [2.05, 4.69) is 13.8 Å². The molecule has 2 atom stereocenters. The summed E-state index contributed by atoms with van der Waals surface area (Å²) in [5.41, 5.74) is 4.79. The molecule has 1 aromatic carbocycles. The second kappa shape index (κ2) is 8.32. The van der Waals surface area contributed by atoms with Crippen molar-refractivity contribution >= 4 is 11.9 Å². The van der Waals surface area contributed by atoms with E-state index in [4.69, 9.17) is 9.84 Å². The normalized spacial score (nSPS) is 20.7. The summed E-state index contributed by atoms with van der Waals surface area (Å²) in [6.45, 7) is 7.63. The lowest BCUT2D eigenvalue weighted by atomic mass is 9.74. The summed E-state index contributed by atoms with van der Waals surface area (Å²) in [5.74, 6) is 0.350. The molecule has 1 aliphatic heterocycles. The SMILES string of the molecule is Cc1cc(OCC(=O)O)c(C)c2c1CCC(C(C)C(=O)N1CCCCC1)C2. The average Bonchev–Trinajstić information content (AvgIpc) is 2.68. The van der Waals surface area contributed by atoms with Gasteiger partial charge in [-0.2, -0.15) is 0 Å². The van der Waals surface area contributed by atoms with Crippen molar-refractivity contribution in [3.8, 4) is 5.75 Å². The molecule has 1 amide bonds. The highest BCUT2D eigenvalue weighted by molar-refractivity contribution is 5.79. The van der Waals surface area contributed by atoms with E-state index in [0.29, 0.717) is 17.6 Å². The number of carboxylic acids is 1. The Morgan fingerprint density at radius 3 is 2.59 bits per heavy atom. The van der Waals surface area contributed by atoms with Crippen LogP contribution in [0.5, 0.6) is 5.75 Å². The summed E-state index contributed by atoms with van der Waals surface area (Å²) in [6.07, 6.45) is 6.34. The van der Waals surface area contributed by atoms with Crippen molar-refractivity contribution in [1.29, 1.82) is 0 Å². The Morgan fingerprint density at radius 2 is 1.93 bits per heavy atom. The van der Waals surface area contributed by atoms with Crippen LogP contribution in [0.2, 0.25) is 0 Å². The summed E-state index contributed by atoms with van der Waals surface area (Å²) < 4.78 is 5.51. The van der Waals surface area contributed by atoms with Gasteiger partial charge in [0.15, 0.2) is 6.61 Å². The highest BCUT2D eigenvalue weighted by Crippen LogP contribution is 2.38. The highest BCUT2D eigenvalue weighted by Gasteiger charge is 2.32. The van der Waals surface area contributed by atoms with Gasteiger partial charge in [0.25, 0.3) is 0 Å². The van der Waals surface area contributed by atoms with Crippen molar-refractivity contribution in [2.24, 2.45) is 11.8 Å². The first-order valence-electron chi connectivity index (χ1n) is 10.1. The number of ether oxygens (including phenoxy) is 1. The van der Waals surface area contributed by atoms with Gasteiger partial charge in [-0.1, -0.05) is 6.92 Å². The van der Waals surface area contributed by atoms with E-state index < -0.39 is 5.97 Å². The zero-order chi connectivity index (χ0) is 19.6. The molecule has 5 nitrogen and oxygen atoms in total. The monoisotopic (exact) mass is 373 g/mol. The third-order valence-electron chi connectivity index (χ3n) is 6.36. The molecule has 1 heterocycles. The van der Waals surface area contributed by atoms with Gasteiger partial charge in [0.1, 0.15) is 5.75 Å². The first-order valence-corrected chi connectivity index (χ1v) is 10.1. The number of hydrogen-bond donors (Lipinski definition) is 1. The molecule has 0 saturated carbocycles. The van der Waals surface area contributed by atoms with E-state index in [-0.39, 0.29) is 12.5 Å². The molecule has 1 saturated heterocycles. The lowest BCUT2D eigenvalue weighted by Gasteiger charge is -2.35. The molecule has 1 fully saturated rings. The maximum absolute atomic E-state index is 12.9. The number of aryl methyl sites for hydroxylation is 1. The minimum atomic E-state index is -0.969. The summed E-state index contributed by atoms with van der Waals surface area (Å²) in [7, 11) is 0. The van der Waals surface area contributed by atoms with Gasteiger partial charge in [-0.25, -0.2) is 4.79 Å². The molecular weight excluding hydrogens is 342 g/mol. The Bertz CT molecular complexity index is 722. The van der Waals surface area contributed by atoms with Crippen LogP contribution >= 0.6 is 0 Å². The number of nitrogens with zero attached hydrogens (tertiary/aromatic N) is 1. The fraction of sp³-hybridized carbons (Fsp3) is 0.636. The Morgan fingerprint density at radius 1 is 1.22 bits per heavy atom. The molecule has 3 rings (SSSR count). The van der Waals surface area contributed by atoms with Gasteiger partial charge in [0, 0.05) is 19.0 Å². The van der Waals surface area contributed by atoms with Crippen LogP contribution in [-0.4, -0.2) is 41.6 Å². The summed E-state index contributed by atoms with van der Waals surface area (Å²) in [4.78, 5) is 25.8. The summed E-state index contributed by atoms with van der Waals surface area (Å²) in [5, 5.41) is 8.91. The van der Waals surface area contributed by atoms with Crippen LogP contribution in [0.15, 0.2) is 6.07 Å². The Kier molecular flexibility index (Phi) is 6.08. The fourth-order valence-electron chi connectivity index (χ4n) is 4.64. The van der Waals surface area contributed by atoms with Crippen molar-refractivity contribution in [2.75, 3.05) is 19.7 Å². The molecule has 1 aliphatic carbocycles. The van der Waals surface area contributed by atoms with Gasteiger partial charge in [-0.15, -0.1) is 0 Å². The zero-order valence-corrected chi connectivity index (χ0v) is 16.7. The first-order chi connectivity index (χ1) is 12.9. The van der Waals surface area contributed by atoms with E-state index >= 15 is 0 Å². The molecule has 2 unspecified atom stereocenters. The van der Waals surface area contributed by atoms with E-state index in [0.717, 1.165) is 56.3 Å². The van der Waals surface area contributed by atoms with Gasteiger partial charge >= 0.3 is 5.97 Å². The molecule has 2 aliphatic rings. The molecule has 0 aromatic heterocycles. The predicted molar refractivity (Wildman–Crippen MR) is 104 cm³/mol. The van der Waals surface area contributed by atoms with Crippen LogP contribution in [-0.2, 0) is 22.4 Å². The van der Waals surface area contributed by atoms with Crippen molar-refractivity contribution < 1.29 is 19.4 Å². The first kappa shape index (κ1) is 19.7. The Balaban J connectivity index is 1.77. The van der Waals surface area contributed by atoms with E-state index in [9.17, 15) is 9.59 Å². The molecule has 148 valence electrons. The summed E-state index contributed by atoms with van der Waals surface area (Å²) >= 11 is 0. The molecule has 0 bridgehead atoms. The third kappa shape index (κ3) is 4.28. The standard InChI is InChI=1S/C22H31NO4/c1-14-11-20(27-13-21(24)25)16(3)19-12-17(7-8-18(14)19)15(2)22(26)23-9-5-4-6-10-23/h11,15,17H,4-10,12-13H2,1-3H3,(H,24,25). The molecule has 1 aromatic rings. The van der Waals surface area contributed by atoms with E-state index in [1.807, 2.05) is 17.9 Å². The van der Waals surface area contributed by atoms with Crippen molar-refractivity contribution in [1.82, 2.24) is 4.90 Å². The topological polar surface area (TPSA) is 66.8 Å². The van der Waals surface area contributed by atoms with Crippen LogP contribution in [0.25, 0.3) is 0 Å². The zero-order valence-electron chi connectivity index (χ0n) is 16.7. The van der Waals surface area contributed by atoms with Crippen LogP contribution in [0, 0.1) is 25.7 Å². The number of benzene rings is 1. The third-order valence-corrected chi connectivity index (χ3v) is 6.36. The van der Waals surface area contributed by atoms with Crippen LogP contribution in [0.3, 0.4) is 0 Å². The highest BCUT2D eigenvalue weighted by atomic mass is 16.5. The minimum Gasteiger partial charge on any atom is -0.482 e. The molecule has 1 N–H and O–H groups in total. The number of likely N-dealkylation sites (tertiary alicyclic amines) is 1. The molecule has 5 heteroatoms. The number of carbonyl (C=O) groups is 2. The molecule has 0 spiro atoms. The number of rotatable bonds is 5. The lowest BCUT2D eigenvalue weighted by Crippen LogP contribution is -2.42. The molecular formula is C22H31NO4. The molecule has 27 heavy (non-hydrogen) atoms. The van der Waals surface area contributed by atoms with E-state index in [1.165, 1.54) is 17.5 Å². The van der Waals surface area contributed by atoms with Gasteiger partial charge in [-0.05, 0) is 86.6 Å². The maximum Gasteiger partial charge on any atom is 0.341 e. The van der Waals surface area contributed by atoms with Crippen molar-refractivity contribution in [2.45, 2.75) is 59.3 Å². The Hall–Kier alpha value is -2.04. The minimum absolute atomic E-state index is 0.0274. The predicted octanol–water partition coefficient (Wildman–Crippen LogP) is 3.52. The number of fused-ring (bicyclic) bond motifs is 1. The number of carbonyl (C=O) groups excluding carboxylic acids is 1. The Labute approximate surface area is 161 Å².